The number of carbonyl (C=O) groups is 6. The molecule has 34 heavy (non-hydrogen) atoms. The molecule has 0 aromatic carbocycles. The maximum absolute atomic E-state index is 13.4. The number of hydrogen-bond acceptors (Lipinski definition) is 12. The van der Waals surface area contributed by atoms with E-state index in [0.717, 1.165) is 42.7 Å². The fourth-order valence-corrected chi connectivity index (χ4v) is 4.90. The van der Waals surface area contributed by atoms with Crippen LogP contribution in [0.1, 0.15) is 6.42 Å². The van der Waals surface area contributed by atoms with E-state index in [1.54, 1.807) is 0 Å². The molecule has 1 saturated carbocycles. The summed E-state index contributed by atoms with van der Waals surface area (Å²) >= 11 is 0. The second kappa shape index (κ2) is 9.49. The number of methoxy groups -OCH3 is 6. The third kappa shape index (κ3) is 3.12. The van der Waals surface area contributed by atoms with E-state index in [0.29, 0.717) is 0 Å². The average molecular weight is 480 g/mol. The van der Waals surface area contributed by atoms with E-state index >= 15 is 0 Å². The zero-order valence-electron chi connectivity index (χ0n) is 19.5. The van der Waals surface area contributed by atoms with Crippen molar-refractivity contribution in [3.8, 4) is 0 Å². The maximum Gasteiger partial charge on any atom is 0.339 e. The molecule has 0 saturated heterocycles. The van der Waals surface area contributed by atoms with Crippen LogP contribution in [0.25, 0.3) is 0 Å². The van der Waals surface area contributed by atoms with Gasteiger partial charge in [0.2, 0.25) is 0 Å². The Morgan fingerprint density at radius 2 is 1.18 bits per heavy atom. The molecule has 0 aromatic heterocycles. The number of ether oxygens (including phenoxy) is 6. The zero-order chi connectivity index (χ0) is 26.0. The smallest absolute Gasteiger partial charge is 0.339 e. The van der Waals surface area contributed by atoms with Crippen LogP contribution in [-0.4, -0.2) is 78.5 Å². The number of esters is 6. The van der Waals surface area contributed by atoms with Crippen molar-refractivity contribution < 1.29 is 57.2 Å². The normalized spacial score (nSPS) is 24.8. The monoisotopic (exact) mass is 480 g/mol. The fourth-order valence-electron chi connectivity index (χ4n) is 4.90. The maximum atomic E-state index is 13.4. The van der Waals surface area contributed by atoms with Crippen molar-refractivity contribution in [1.29, 1.82) is 0 Å². The summed E-state index contributed by atoms with van der Waals surface area (Å²) in [5.41, 5.74) is -7.17. The lowest BCUT2D eigenvalue weighted by molar-refractivity contribution is -0.157. The SMILES string of the molecule is C=CCC1(C(=O)OC)C2C(C(=O)OC)=C(C(=O)OC)C(C(=O)OC)=C(C(=O)OC)C21C(=O)OC. The first-order valence-electron chi connectivity index (χ1n) is 9.69. The van der Waals surface area contributed by atoms with Gasteiger partial charge in [-0.05, 0) is 6.42 Å². The highest BCUT2D eigenvalue weighted by Crippen LogP contribution is 2.80. The van der Waals surface area contributed by atoms with Gasteiger partial charge >= 0.3 is 35.8 Å². The van der Waals surface area contributed by atoms with E-state index in [2.05, 4.69) is 6.58 Å². The number of hydrogen-bond donors (Lipinski definition) is 0. The van der Waals surface area contributed by atoms with Gasteiger partial charge in [0.15, 0.2) is 0 Å². The molecule has 184 valence electrons. The molecular formula is C22H24O12. The first-order valence-corrected chi connectivity index (χ1v) is 9.69. The molecule has 3 atom stereocenters. The first kappa shape index (κ1) is 26.3. The Kier molecular flexibility index (Phi) is 7.34. The molecule has 2 aliphatic rings. The lowest BCUT2D eigenvalue weighted by atomic mass is 9.76. The summed E-state index contributed by atoms with van der Waals surface area (Å²) in [5, 5.41) is 0. The molecule has 0 bridgehead atoms. The molecule has 0 heterocycles. The van der Waals surface area contributed by atoms with Gasteiger partial charge in [0, 0.05) is 5.92 Å². The molecule has 0 spiro atoms. The Balaban J connectivity index is 3.32. The van der Waals surface area contributed by atoms with Crippen LogP contribution in [0.5, 0.6) is 0 Å². The highest BCUT2D eigenvalue weighted by Gasteiger charge is 2.90. The molecule has 0 N–H and O–H groups in total. The molecule has 0 radical (unpaired) electrons. The molecular weight excluding hydrogens is 456 g/mol. The third-order valence-electron chi connectivity index (χ3n) is 6.10. The van der Waals surface area contributed by atoms with Gasteiger partial charge in [-0.15, -0.1) is 6.58 Å². The van der Waals surface area contributed by atoms with E-state index in [9.17, 15) is 28.8 Å². The van der Waals surface area contributed by atoms with Gasteiger partial charge in [0.05, 0.1) is 65.0 Å². The Bertz CT molecular complexity index is 1050. The first-order chi connectivity index (χ1) is 16.1. The Hall–Kier alpha value is -3.96. The minimum atomic E-state index is -2.32. The van der Waals surface area contributed by atoms with Crippen molar-refractivity contribution >= 4 is 35.8 Å². The van der Waals surface area contributed by atoms with Gasteiger partial charge < -0.3 is 28.4 Å². The predicted octanol–water partition coefficient (Wildman–Crippen LogP) is -0.190. The zero-order valence-corrected chi connectivity index (χ0v) is 19.5. The molecule has 12 heteroatoms. The van der Waals surface area contributed by atoms with Gasteiger partial charge in [0.1, 0.15) is 10.8 Å². The van der Waals surface area contributed by atoms with Crippen molar-refractivity contribution in [2.75, 3.05) is 42.7 Å². The van der Waals surface area contributed by atoms with Gasteiger partial charge in [-0.25, -0.2) is 19.2 Å². The summed E-state index contributed by atoms with van der Waals surface area (Å²) in [6.07, 6.45) is 0.919. The Labute approximate surface area is 194 Å². The van der Waals surface area contributed by atoms with Crippen LogP contribution in [0.4, 0.5) is 0 Å². The van der Waals surface area contributed by atoms with Crippen LogP contribution >= 0.6 is 0 Å². The second-order valence-electron chi connectivity index (χ2n) is 7.19. The lowest BCUT2D eigenvalue weighted by Gasteiger charge is -2.27. The number of carbonyl (C=O) groups excluding carboxylic acids is 6. The molecule has 0 amide bonds. The van der Waals surface area contributed by atoms with Crippen molar-refractivity contribution in [2.45, 2.75) is 6.42 Å². The summed E-state index contributed by atoms with van der Waals surface area (Å²) < 4.78 is 29.0. The van der Waals surface area contributed by atoms with Gasteiger partial charge in [-0.2, -0.15) is 0 Å². The number of allylic oxidation sites excluding steroid dienone is 1. The van der Waals surface area contributed by atoms with Crippen molar-refractivity contribution in [2.24, 2.45) is 16.7 Å². The lowest BCUT2D eigenvalue weighted by Crippen LogP contribution is -2.39. The van der Waals surface area contributed by atoms with E-state index in [1.165, 1.54) is 6.08 Å². The molecule has 0 aliphatic heterocycles. The highest BCUT2D eigenvalue weighted by molar-refractivity contribution is 6.22. The number of rotatable bonds is 8. The number of fused-ring (bicyclic) bond motifs is 1. The van der Waals surface area contributed by atoms with E-state index in [1.807, 2.05) is 0 Å². The molecule has 3 unspecified atom stereocenters. The van der Waals surface area contributed by atoms with Crippen LogP contribution < -0.4 is 0 Å². The standard InChI is InChI=1S/C22H24O12/c1-8-9-21(19(27)33-6)14-12(17(25)31-4)10(15(23)29-2)11(16(24)30-3)13(18(26)32-5)22(14,21)20(28)34-7/h8,14H,1,9H2,2-7H3. The minimum Gasteiger partial charge on any atom is -0.469 e. The predicted molar refractivity (Wildman–Crippen MR) is 109 cm³/mol. The molecule has 12 nitrogen and oxygen atoms in total. The molecule has 0 aromatic rings. The van der Waals surface area contributed by atoms with Crippen LogP contribution in [-0.2, 0) is 57.2 Å². The fraction of sp³-hybridized carbons (Fsp3) is 0.455. The van der Waals surface area contributed by atoms with Crippen molar-refractivity contribution in [1.82, 2.24) is 0 Å². The summed E-state index contributed by atoms with van der Waals surface area (Å²) in [6, 6.07) is 0. The third-order valence-corrected chi connectivity index (χ3v) is 6.10. The van der Waals surface area contributed by atoms with Gasteiger partial charge in [-0.1, -0.05) is 6.08 Å². The average Bonchev–Trinajstić information content (AvgIpc) is 3.48. The van der Waals surface area contributed by atoms with Crippen molar-refractivity contribution in [3.63, 3.8) is 0 Å². The van der Waals surface area contributed by atoms with E-state index in [-0.39, 0.29) is 6.42 Å². The highest BCUT2D eigenvalue weighted by atomic mass is 16.6. The summed E-state index contributed by atoms with van der Waals surface area (Å²) in [5.74, 6) is -8.69. The van der Waals surface area contributed by atoms with Crippen LogP contribution in [0.3, 0.4) is 0 Å². The molecule has 2 rings (SSSR count). The quantitative estimate of drug-likeness (QED) is 0.256. The largest absolute Gasteiger partial charge is 0.469 e. The van der Waals surface area contributed by atoms with Crippen LogP contribution in [0, 0.1) is 16.7 Å². The van der Waals surface area contributed by atoms with Gasteiger partial charge in [-0.3, -0.25) is 9.59 Å². The topological polar surface area (TPSA) is 158 Å². The Morgan fingerprint density at radius 1 is 0.706 bits per heavy atom. The van der Waals surface area contributed by atoms with Crippen LogP contribution in [0.2, 0.25) is 0 Å². The van der Waals surface area contributed by atoms with Crippen molar-refractivity contribution in [3.05, 3.63) is 34.9 Å². The summed E-state index contributed by atoms with van der Waals surface area (Å²) in [4.78, 5) is 78.5. The minimum absolute atomic E-state index is 0.330. The second-order valence-corrected chi connectivity index (χ2v) is 7.19. The van der Waals surface area contributed by atoms with Gasteiger partial charge in [0.25, 0.3) is 0 Å². The Morgan fingerprint density at radius 3 is 1.59 bits per heavy atom. The summed E-state index contributed by atoms with van der Waals surface area (Å²) in [7, 11) is 5.84. The molecule has 1 fully saturated rings. The van der Waals surface area contributed by atoms with E-state index < -0.39 is 74.9 Å². The van der Waals surface area contributed by atoms with Crippen LogP contribution in [0.15, 0.2) is 34.9 Å². The summed E-state index contributed by atoms with van der Waals surface area (Å²) in [6.45, 7) is 3.59. The van der Waals surface area contributed by atoms with E-state index in [4.69, 9.17) is 28.4 Å². The molecule has 2 aliphatic carbocycles.